The van der Waals surface area contributed by atoms with Gasteiger partial charge in [0.25, 0.3) is 0 Å². The van der Waals surface area contributed by atoms with Gasteiger partial charge in [0.1, 0.15) is 0 Å². The number of phenols is 1. The van der Waals surface area contributed by atoms with Crippen molar-refractivity contribution in [3.8, 4) is 11.5 Å². The Balaban J connectivity index is 1.90. The highest BCUT2D eigenvalue weighted by Gasteiger charge is 2.19. The van der Waals surface area contributed by atoms with Crippen molar-refractivity contribution in [2.45, 2.75) is 19.5 Å². The van der Waals surface area contributed by atoms with Gasteiger partial charge in [0.05, 0.1) is 20.3 Å². The number of phenolic OH excluding ortho intramolecular Hbond substituents is 1. The molecule has 0 bridgehead atoms. The van der Waals surface area contributed by atoms with Crippen molar-refractivity contribution in [1.29, 1.82) is 0 Å². The first-order valence-electron chi connectivity index (χ1n) is 7.47. The van der Waals surface area contributed by atoms with E-state index in [0.717, 1.165) is 38.4 Å². The first-order valence-corrected chi connectivity index (χ1v) is 7.47. The molecule has 1 aromatic rings. The third-order valence-corrected chi connectivity index (χ3v) is 3.99. The van der Waals surface area contributed by atoms with Crippen LogP contribution in [0.4, 0.5) is 0 Å². The van der Waals surface area contributed by atoms with Crippen molar-refractivity contribution >= 4 is 0 Å². The topological polar surface area (TPSA) is 45.2 Å². The number of rotatable bonds is 6. The van der Waals surface area contributed by atoms with E-state index >= 15 is 0 Å². The van der Waals surface area contributed by atoms with E-state index < -0.39 is 0 Å². The van der Waals surface area contributed by atoms with Gasteiger partial charge in [-0.05, 0) is 20.0 Å². The molecule has 1 unspecified atom stereocenters. The standard InChI is InChI=1S/C16H26N2O3/c1-13(18-7-9-21-10-8-18)11-17(2)12-14-5-4-6-15(20-3)16(14)19/h4-6,13,19H,7-12H2,1-3H3. The van der Waals surface area contributed by atoms with Crippen LogP contribution in [-0.2, 0) is 11.3 Å². The summed E-state index contributed by atoms with van der Waals surface area (Å²) in [5.74, 6) is 0.771. The van der Waals surface area contributed by atoms with Crippen LogP contribution in [0.1, 0.15) is 12.5 Å². The average Bonchev–Trinajstić information content (AvgIpc) is 2.50. The number of nitrogens with zero attached hydrogens (tertiary/aromatic N) is 2. The van der Waals surface area contributed by atoms with Gasteiger partial charge in [0, 0.05) is 37.8 Å². The predicted octanol–water partition coefficient (Wildman–Crippen LogP) is 1.55. The lowest BCUT2D eigenvalue weighted by molar-refractivity contribution is 0.0137. The van der Waals surface area contributed by atoms with Crippen LogP contribution in [0.25, 0.3) is 0 Å². The van der Waals surface area contributed by atoms with Crippen molar-refractivity contribution in [3.05, 3.63) is 23.8 Å². The van der Waals surface area contributed by atoms with Gasteiger partial charge in [0.15, 0.2) is 11.5 Å². The molecular weight excluding hydrogens is 268 g/mol. The Morgan fingerprint density at radius 2 is 2.10 bits per heavy atom. The second-order valence-electron chi connectivity index (χ2n) is 5.66. The minimum absolute atomic E-state index is 0.242. The number of aromatic hydroxyl groups is 1. The molecule has 5 heteroatoms. The molecule has 1 aliphatic heterocycles. The molecule has 118 valence electrons. The van der Waals surface area contributed by atoms with Crippen molar-refractivity contribution in [2.75, 3.05) is 47.0 Å². The number of ether oxygens (including phenoxy) is 2. The Hall–Kier alpha value is -1.30. The van der Waals surface area contributed by atoms with Crippen LogP contribution < -0.4 is 4.74 Å². The molecule has 1 aliphatic rings. The molecule has 0 radical (unpaired) electrons. The zero-order valence-corrected chi connectivity index (χ0v) is 13.2. The van der Waals surface area contributed by atoms with Gasteiger partial charge in [-0.2, -0.15) is 0 Å². The molecule has 1 atom stereocenters. The summed E-state index contributed by atoms with van der Waals surface area (Å²) in [5.41, 5.74) is 0.894. The maximum absolute atomic E-state index is 10.1. The minimum atomic E-state index is 0.242. The van der Waals surface area contributed by atoms with E-state index in [1.807, 2.05) is 12.1 Å². The molecular formula is C16H26N2O3. The number of benzene rings is 1. The lowest BCUT2D eigenvalue weighted by Crippen LogP contribution is -2.46. The first-order chi connectivity index (χ1) is 10.1. The number of morpholine rings is 1. The molecule has 0 amide bonds. The Labute approximate surface area is 127 Å². The zero-order chi connectivity index (χ0) is 15.2. The Morgan fingerprint density at radius 1 is 1.38 bits per heavy atom. The fourth-order valence-corrected chi connectivity index (χ4v) is 2.80. The van der Waals surface area contributed by atoms with E-state index in [-0.39, 0.29) is 5.75 Å². The van der Waals surface area contributed by atoms with Crippen molar-refractivity contribution in [2.24, 2.45) is 0 Å². The molecule has 0 aromatic heterocycles. The first kappa shape index (κ1) is 16.1. The Kier molecular flexibility index (Phi) is 5.85. The average molecular weight is 294 g/mol. The Bertz CT molecular complexity index is 447. The summed E-state index contributed by atoms with van der Waals surface area (Å²) in [6, 6.07) is 6.10. The highest BCUT2D eigenvalue weighted by atomic mass is 16.5. The monoisotopic (exact) mass is 294 g/mol. The lowest BCUT2D eigenvalue weighted by Gasteiger charge is -2.34. The van der Waals surface area contributed by atoms with E-state index in [4.69, 9.17) is 9.47 Å². The van der Waals surface area contributed by atoms with Crippen molar-refractivity contribution in [1.82, 2.24) is 9.80 Å². The SMILES string of the molecule is COc1cccc(CN(C)CC(C)N2CCOCC2)c1O. The fourth-order valence-electron chi connectivity index (χ4n) is 2.80. The predicted molar refractivity (Wildman–Crippen MR) is 82.8 cm³/mol. The number of hydrogen-bond acceptors (Lipinski definition) is 5. The molecule has 2 rings (SSSR count). The molecule has 1 heterocycles. The normalized spacial score (nSPS) is 17.9. The van der Waals surface area contributed by atoms with Gasteiger partial charge in [0.2, 0.25) is 0 Å². The summed E-state index contributed by atoms with van der Waals surface area (Å²) >= 11 is 0. The molecule has 0 saturated carbocycles. The smallest absolute Gasteiger partial charge is 0.162 e. The summed E-state index contributed by atoms with van der Waals surface area (Å²) in [5, 5.41) is 10.1. The second kappa shape index (κ2) is 7.64. The summed E-state index contributed by atoms with van der Waals surface area (Å²) in [7, 11) is 3.65. The van der Waals surface area contributed by atoms with Gasteiger partial charge >= 0.3 is 0 Å². The minimum Gasteiger partial charge on any atom is -0.504 e. The van der Waals surface area contributed by atoms with E-state index in [1.165, 1.54) is 0 Å². The second-order valence-corrected chi connectivity index (χ2v) is 5.66. The van der Waals surface area contributed by atoms with Crippen LogP contribution in [0, 0.1) is 0 Å². The van der Waals surface area contributed by atoms with Crippen LogP contribution in [0.3, 0.4) is 0 Å². The number of para-hydroxylation sites is 1. The molecule has 1 N–H and O–H groups in total. The molecule has 5 nitrogen and oxygen atoms in total. The third kappa shape index (κ3) is 4.33. The summed E-state index contributed by atoms with van der Waals surface area (Å²) in [6.45, 7) is 7.55. The summed E-state index contributed by atoms with van der Waals surface area (Å²) in [4.78, 5) is 4.68. The fraction of sp³-hybridized carbons (Fsp3) is 0.625. The molecule has 0 spiro atoms. The summed E-state index contributed by atoms with van der Waals surface area (Å²) in [6.07, 6.45) is 0. The van der Waals surface area contributed by atoms with Gasteiger partial charge in [-0.25, -0.2) is 0 Å². The van der Waals surface area contributed by atoms with E-state index in [0.29, 0.717) is 18.3 Å². The summed E-state index contributed by atoms with van der Waals surface area (Å²) < 4.78 is 10.5. The zero-order valence-electron chi connectivity index (χ0n) is 13.2. The van der Waals surface area contributed by atoms with Gasteiger partial charge in [-0.15, -0.1) is 0 Å². The third-order valence-electron chi connectivity index (χ3n) is 3.99. The van der Waals surface area contributed by atoms with E-state index in [9.17, 15) is 5.11 Å². The molecule has 1 saturated heterocycles. The van der Waals surface area contributed by atoms with E-state index in [2.05, 4.69) is 23.8 Å². The van der Waals surface area contributed by atoms with Gasteiger partial charge in [-0.1, -0.05) is 12.1 Å². The van der Waals surface area contributed by atoms with E-state index in [1.54, 1.807) is 13.2 Å². The number of methoxy groups -OCH3 is 1. The highest BCUT2D eigenvalue weighted by molar-refractivity contribution is 5.45. The molecule has 1 aromatic carbocycles. The maximum Gasteiger partial charge on any atom is 0.162 e. The lowest BCUT2D eigenvalue weighted by atomic mass is 10.1. The Morgan fingerprint density at radius 3 is 2.76 bits per heavy atom. The van der Waals surface area contributed by atoms with Crippen LogP contribution in [0.5, 0.6) is 11.5 Å². The number of likely N-dealkylation sites (N-methyl/N-ethyl adjacent to an activating group) is 1. The molecule has 1 fully saturated rings. The quantitative estimate of drug-likeness (QED) is 0.862. The van der Waals surface area contributed by atoms with Crippen LogP contribution >= 0.6 is 0 Å². The van der Waals surface area contributed by atoms with Crippen LogP contribution in [0.15, 0.2) is 18.2 Å². The molecule has 21 heavy (non-hydrogen) atoms. The van der Waals surface area contributed by atoms with Crippen molar-refractivity contribution < 1.29 is 14.6 Å². The molecule has 0 aliphatic carbocycles. The van der Waals surface area contributed by atoms with Gasteiger partial charge < -0.3 is 19.5 Å². The largest absolute Gasteiger partial charge is 0.504 e. The van der Waals surface area contributed by atoms with Crippen LogP contribution in [-0.4, -0.2) is 68.0 Å². The number of hydrogen-bond donors (Lipinski definition) is 1. The van der Waals surface area contributed by atoms with Crippen molar-refractivity contribution in [3.63, 3.8) is 0 Å². The highest BCUT2D eigenvalue weighted by Crippen LogP contribution is 2.30. The maximum atomic E-state index is 10.1. The van der Waals surface area contributed by atoms with Gasteiger partial charge in [-0.3, -0.25) is 4.90 Å². The van der Waals surface area contributed by atoms with Crippen LogP contribution in [0.2, 0.25) is 0 Å².